The van der Waals surface area contributed by atoms with Crippen LogP contribution >= 0.6 is 11.8 Å². The zero-order valence-corrected chi connectivity index (χ0v) is 9.63. The highest BCUT2D eigenvalue weighted by molar-refractivity contribution is 8.14. The van der Waals surface area contributed by atoms with Gasteiger partial charge < -0.3 is 0 Å². The van der Waals surface area contributed by atoms with Crippen LogP contribution in [0, 0.1) is 0 Å². The molecule has 1 aliphatic rings. The molecule has 0 saturated heterocycles. The molecule has 0 N–H and O–H groups in total. The maximum Gasteiger partial charge on any atom is 0.193 e. The van der Waals surface area contributed by atoms with E-state index in [4.69, 9.17) is 0 Å². The normalized spacial score (nSPS) is 16.9. The van der Waals surface area contributed by atoms with Crippen molar-refractivity contribution >= 4 is 22.7 Å². The minimum atomic E-state index is 0.0433. The second-order valence-electron chi connectivity index (χ2n) is 3.77. The first kappa shape index (κ1) is 11.1. The van der Waals surface area contributed by atoms with Crippen LogP contribution in [0.5, 0.6) is 0 Å². The average molecular weight is 232 g/mol. The Morgan fingerprint density at radius 3 is 2.62 bits per heavy atom. The van der Waals surface area contributed by atoms with E-state index in [9.17, 15) is 9.59 Å². The zero-order chi connectivity index (χ0) is 11.4. The number of carbonyl (C=O) groups is 2. The number of carbonyl (C=O) groups excluding carboxylic acids is 2. The maximum absolute atomic E-state index is 11.4. The summed E-state index contributed by atoms with van der Waals surface area (Å²) in [5, 5.41) is 0.0908. The number of hydrogen-bond acceptors (Lipinski definition) is 3. The Hall–Kier alpha value is -1.35. The van der Waals surface area contributed by atoms with E-state index in [1.165, 1.54) is 0 Å². The second kappa shape index (κ2) is 5.12. The van der Waals surface area contributed by atoms with Crippen LogP contribution < -0.4 is 0 Å². The van der Waals surface area contributed by atoms with E-state index in [0.29, 0.717) is 12.8 Å². The summed E-state index contributed by atoms with van der Waals surface area (Å²) >= 11 is 1.12. The van der Waals surface area contributed by atoms with Crippen LogP contribution in [0.2, 0.25) is 0 Å². The van der Waals surface area contributed by atoms with Gasteiger partial charge in [-0.1, -0.05) is 47.7 Å². The topological polar surface area (TPSA) is 34.1 Å². The fourth-order valence-electron chi connectivity index (χ4n) is 1.68. The number of ketones is 1. The lowest BCUT2D eigenvalue weighted by Gasteiger charge is -2.03. The van der Waals surface area contributed by atoms with Crippen LogP contribution in [-0.4, -0.2) is 16.7 Å². The van der Waals surface area contributed by atoms with Gasteiger partial charge in [0.25, 0.3) is 0 Å². The van der Waals surface area contributed by atoms with Crippen molar-refractivity contribution in [2.45, 2.75) is 12.8 Å². The molecule has 0 radical (unpaired) electrons. The Bertz CT molecular complexity index is 435. The fraction of sp³-hybridized carbons (Fsp3) is 0.231. The largest absolute Gasteiger partial charge is 0.294 e. The number of benzene rings is 1. The predicted octanol–water partition coefficient (Wildman–Crippen LogP) is 2.39. The summed E-state index contributed by atoms with van der Waals surface area (Å²) in [6.07, 6.45) is 2.72. The Morgan fingerprint density at radius 1 is 1.12 bits per heavy atom. The van der Waals surface area contributed by atoms with Crippen LogP contribution in [0.25, 0.3) is 0 Å². The molecule has 0 saturated carbocycles. The van der Waals surface area contributed by atoms with Crippen LogP contribution in [0.15, 0.2) is 42.0 Å². The zero-order valence-electron chi connectivity index (χ0n) is 8.81. The lowest BCUT2D eigenvalue weighted by molar-refractivity contribution is -0.112. The highest BCUT2D eigenvalue weighted by Gasteiger charge is 2.15. The summed E-state index contributed by atoms with van der Waals surface area (Å²) < 4.78 is 0. The van der Waals surface area contributed by atoms with Gasteiger partial charge in [0.2, 0.25) is 0 Å². The van der Waals surface area contributed by atoms with Crippen molar-refractivity contribution in [3.05, 3.63) is 47.5 Å². The standard InChI is InChI=1S/C13H12O2S/c14-12-7-11(8-13(15)16-9-12)6-10-4-2-1-3-5-10/h1-5,7H,6,8-9H2. The molecular weight excluding hydrogens is 220 g/mol. The average Bonchev–Trinajstić information content (AvgIpc) is 2.42. The van der Waals surface area contributed by atoms with Crippen LogP contribution in [0.1, 0.15) is 12.0 Å². The maximum atomic E-state index is 11.4. The molecule has 1 aliphatic heterocycles. The minimum absolute atomic E-state index is 0.0433. The van der Waals surface area contributed by atoms with Crippen molar-refractivity contribution in [1.82, 2.24) is 0 Å². The quantitative estimate of drug-likeness (QED) is 0.785. The highest BCUT2D eigenvalue weighted by atomic mass is 32.2. The second-order valence-corrected chi connectivity index (χ2v) is 4.80. The van der Waals surface area contributed by atoms with E-state index in [1.54, 1.807) is 6.08 Å². The van der Waals surface area contributed by atoms with Crippen LogP contribution in [-0.2, 0) is 16.0 Å². The van der Waals surface area contributed by atoms with Crippen molar-refractivity contribution in [3.8, 4) is 0 Å². The number of hydrogen-bond donors (Lipinski definition) is 0. The molecule has 1 aromatic rings. The van der Waals surface area contributed by atoms with Crippen molar-refractivity contribution in [3.63, 3.8) is 0 Å². The first-order valence-corrected chi connectivity index (χ1v) is 6.14. The molecule has 0 amide bonds. The molecule has 2 rings (SSSR count). The van der Waals surface area contributed by atoms with Crippen molar-refractivity contribution < 1.29 is 9.59 Å². The van der Waals surface area contributed by atoms with Gasteiger partial charge in [0.1, 0.15) is 0 Å². The van der Waals surface area contributed by atoms with Gasteiger partial charge in [-0.2, -0.15) is 0 Å². The number of allylic oxidation sites excluding steroid dienone is 2. The van der Waals surface area contributed by atoms with Crippen molar-refractivity contribution in [2.24, 2.45) is 0 Å². The van der Waals surface area contributed by atoms with Crippen LogP contribution in [0.3, 0.4) is 0 Å². The first-order chi connectivity index (χ1) is 7.74. The molecule has 82 valence electrons. The van der Waals surface area contributed by atoms with E-state index in [0.717, 1.165) is 22.9 Å². The van der Waals surface area contributed by atoms with Gasteiger partial charge in [-0.15, -0.1) is 0 Å². The molecule has 1 heterocycles. The molecule has 0 atom stereocenters. The van der Waals surface area contributed by atoms with E-state index in [1.807, 2.05) is 30.3 Å². The number of rotatable bonds is 2. The molecule has 0 bridgehead atoms. The van der Waals surface area contributed by atoms with Crippen LogP contribution in [0.4, 0.5) is 0 Å². The van der Waals surface area contributed by atoms with Gasteiger partial charge in [-0.25, -0.2) is 0 Å². The highest BCUT2D eigenvalue weighted by Crippen LogP contribution is 2.20. The molecule has 1 aromatic carbocycles. The molecule has 0 aliphatic carbocycles. The van der Waals surface area contributed by atoms with Gasteiger partial charge in [0.15, 0.2) is 10.9 Å². The summed E-state index contributed by atoms with van der Waals surface area (Å²) in [4.78, 5) is 22.8. The summed E-state index contributed by atoms with van der Waals surface area (Å²) in [5.41, 5.74) is 2.06. The van der Waals surface area contributed by atoms with E-state index in [2.05, 4.69) is 0 Å². The monoisotopic (exact) mass is 232 g/mol. The number of thioether (sulfide) groups is 1. The third-order valence-electron chi connectivity index (χ3n) is 2.39. The molecule has 0 unspecified atom stereocenters. The minimum Gasteiger partial charge on any atom is -0.294 e. The molecule has 16 heavy (non-hydrogen) atoms. The fourth-order valence-corrected chi connectivity index (χ4v) is 2.35. The SMILES string of the molecule is O=C1C=C(Cc2ccccc2)CC(=O)SC1. The molecule has 0 aromatic heterocycles. The molecule has 0 spiro atoms. The Labute approximate surface area is 98.7 Å². The third-order valence-corrected chi connectivity index (χ3v) is 3.28. The summed E-state index contributed by atoms with van der Waals surface area (Å²) in [6.45, 7) is 0. The Morgan fingerprint density at radius 2 is 1.88 bits per heavy atom. The van der Waals surface area contributed by atoms with Gasteiger partial charge in [0.05, 0.1) is 5.75 Å². The molecular formula is C13H12O2S. The Balaban J connectivity index is 2.13. The lowest BCUT2D eigenvalue weighted by atomic mass is 10.0. The lowest BCUT2D eigenvalue weighted by Crippen LogP contribution is -1.96. The molecule has 0 fully saturated rings. The van der Waals surface area contributed by atoms with Gasteiger partial charge in [-0.3, -0.25) is 9.59 Å². The van der Waals surface area contributed by atoms with E-state index in [-0.39, 0.29) is 16.7 Å². The van der Waals surface area contributed by atoms with Gasteiger partial charge >= 0.3 is 0 Å². The summed E-state index contributed by atoms with van der Waals surface area (Å²) in [5.74, 6) is 0.332. The molecule has 3 heteroatoms. The van der Waals surface area contributed by atoms with E-state index >= 15 is 0 Å². The van der Waals surface area contributed by atoms with Crippen molar-refractivity contribution in [1.29, 1.82) is 0 Å². The molecule has 2 nitrogen and oxygen atoms in total. The van der Waals surface area contributed by atoms with Gasteiger partial charge in [-0.05, 0) is 18.1 Å². The Kier molecular flexibility index (Phi) is 3.57. The van der Waals surface area contributed by atoms with E-state index < -0.39 is 0 Å². The smallest absolute Gasteiger partial charge is 0.193 e. The first-order valence-electron chi connectivity index (χ1n) is 5.16. The van der Waals surface area contributed by atoms with Crippen molar-refractivity contribution in [2.75, 3.05) is 5.75 Å². The summed E-state index contributed by atoms with van der Waals surface area (Å²) in [6, 6.07) is 9.90. The summed E-state index contributed by atoms with van der Waals surface area (Å²) in [7, 11) is 0. The third kappa shape index (κ3) is 3.07. The predicted molar refractivity (Wildman–Crippen MR) is 65.3 cm³/mol. The van der Waals surface area contributed by atoms with Gasteiger partial charge in [0, 0.05) is 6.42 Å².